The smallest absolute Gasteiger partial charge is 0.340 e. The maximum absolute atomic E-state index is 13.2. The average Bonchev–Trinajstić information content (AvgIpc) is 2.33. The number of rotatable bonds is 6. The quantitative estimate of drug-likeness (QED) is 0.550. The molecule has 0 spiro atoms. The van der Waals surface area contributed by atoms with Crippen molar-refractivity contribution in [1.82, 2.24) is 4.72 Å². The molecule has 106 valence electrons. The Morgan fingerprint density at radius 3 is 2.63 bits per heavy atom. The minimum atomic E-state index is -3.41. The van der Waals surface area contributed by atoms with Crippen molar-refractivity contribution in [2.45, 2.75) is 0 Å². The SMILES string of the molecule is CNS(=O)(=O)CCNc1ccc(F)c(N)c1C(=O)O. The van der Waals surface area contributed by atoms with Crippen LogP contribution >= 0.6 is 0 Å². The number of nitrogens with one attached hydrogen (secondary N) is 2. The van der Waals surface area contributed by atoms with Crippen LogP contribution in [0, 0.1) is 5.82 Å². The van der Waals surface area contributed by atoms with Crippen LogP contribution in [-0.4, -0.2) is 38.8 Å². The highest BCUT2D eigenvalue weighted by Crippen LogP contribution is 2.24. The van der Waals surface area contributed by atoms with Gasteiger partial charge in [0.15, 0.2) is 0 Å². The number of anilines is 2. The number of carboxylic acid groups (broad SMARTS) is 1. The fourth-order valence-corrected chi connectivity index (χ4v) is 1.97. The summed E-state index contributed by atoms with van der Waals surface area (Å²) in [5.41, 5.74) is 4.50. The van der Waals surface area contributed by atoms with Gasteiger partial charge in [-0.1, -0.05) is 0 Å². The number of carbonyl (C=O) groups is 1. The van der Waals surface area contributed by atoms with Crippen LogP contribution in [0.3, 0.4) is 0 Å². The first-order valence-electron chi connectivity index (χ1n) is 5.25. The van der Waals surface area contributed by atoms with Crippen molar-refractivity contribution in [2.75, 3.05) is 30.4 Å². The number of carboxylic acids is 1. The molecule has 1 aromatic rings. The molecule has 0 saturated carbocycles. The van der Waals surface area contributed by atoms with Gasteiger partial charge in [-0.25, -0.2) is 22.3 Å². The van der Waals surface area contributed by atoms with E-state index in [0.29, 0.717) is 0 Å². The van der Waals surface area contributed by atoms with E-state index in [-0.39, 0.29) is 18.0 Å². The summed E-state index contributed by atoms with van der Waals surface area (Å²) in [7, 11) is -2.13. The minimum absolute atomic E-state index is 0.0332. The lowest BCUT2D eigenvalue weighted by atomic mass is 10.1. The van der Waals surface area contributed by atoms with Crippen LogP contribution in [0.1, 0.15) is 10.4 Å². The molecule has 0 aliphatic heterocycles. The minimum Gasteiger partial charge on any atom is -0.478 e. The molecule has 0 bridgehead atoms. The van der Waals surface area contributed by atoms with E-state index in [1.54, 1.807) is 0 Å². The second-order valence-corrected chi connectivity index (χ2v) is 5.68. The van der Waals surface area contributed by atoms with Crippen LogP contribution in [0.5, 0.6) is 0 Å². The van der Waals surface area contributed by atoms with E-state index in [1.807, 2.05) is 0 Å². The van der Waals surface area contributed by atoms with Gasteiger partial charge in [0.1, 0.15) is 11.4 Å². The molecule has 7 nitrogen and oxygen atoms in total. The number of sulfonamides is 1. The van der Waals surface area contributed by atoms with Crippen LogP contribution in [0.4, 0.5) is 15.8 Å². The summed E-state index contributed by atoms with van der Waals surface area (Å²) in [5.74, 6) is -2.48. The largest absolute Gasteiger partial charge is 0.478 e. The van der Waals surface area contributed by atoms with E-state index < -0.39 is 33.1 Å². The van der Waals surface area contributed by atoms with Crippen molar-refractivity contribution < 1.29 is 22.7 Å². The first-order chi connectivity index (χ1) is 8.78. The van der Waals surface area contributed by atoms with Crippen molar-refractivity contribution in [2.24, 2.45) is 0 Å². The molecule has 1 rings (SSSR count). The van der Waals surface area contributed by atoms with Crippen molar-refractivity contribution in [3.63, 3.8) is 0 Å². The molecule has 19 heavy (non-hydrogen) atoms. The van der Waals surface area contributed by atoms with Crippen molar-refractivity contribution >= 4 is 27.4 Å². The number of aromatic carboxylic acids is 1. The van der Waals surface area contributed by atoms with Crippen LogP contribution in [0.25, 0.3) is 0 Å². The van der Waals surface area contributed by atoms with Gasteiger partial charge in [0.25, 0.3) is 0 Å². The topological polar surface area (TPSA) is 122 Å². The molecular weight excluding hydrogens is 277 g/mol. The lowest BCUT2D eigenvalue weighted by molar-refractivity contribution is 0.0698. The van der Waals surface area contributed by atoms with Crippen molar-refractivity contribution in [3.05, 3.63) is 23.5 Å². The monoisotopic (exact) mass is 291 g/mol. The third kappa shape index (κ3) is 3.80. The predicted octanol–water partition coefficient (Wildman–Crippen LogP) is 0.0672. The molecular formula is C10H14FN3O4S. The fourth-order valence-electron chi connectivity index (χ4n) is 1.39. The summed E-state index contributed by atoms with van der Waals surface area (Å²) in [6, 6.07) is 2.21. The molecule has 1 aromatic carbocycles. The summed E-state index contributed by atoms with van der Waals surface area (Å²) in [6.45, 7) is -0.0332. The predicted molar refractivity (Wildman–Crippen MR) is 69.1 cm³/mol. The first kappa shape index (κ1) is 15.2. The zero-order valence-electron chi connectivity index (χ0n) is 10.1. The molecule has 0 aliphatic rings. The second-order valence-electron chi connectivity index (χ2n) is 3.64. The Balaban J connectivity index is 2.91. The number of hydrogen-bond donors (Lipinski definition) is 4. The highest BCUT2D eigenvalue weighted by atomic mass is 32.2. The Kier molecular flexibility index (Phi) is 4.67. The molecule has 0 radical (unpaired) electrons. The molecule has 0 amide bonds. The normalized spacial score (nSPS) is 11.3. The molecule has 0 atom stereocenters. The van der Waals surface area contributed by atoms with E-state index in [0.717, 1.165) is 6.07 Å². The van der Waals surface area contributed by atoms with Gasteiger partial charge >= 0.3 is 5.97 Å². The van der Waals surface area contributed by atoms with Crippen LogP contribution < -0.4 is 15.8 Å². The third-order valence-electron chi connectivity index (χ3n) is 2.40. The van der Waals surface area contributed by atoms with Gasteiger partial charge in [-0.3, -0.25) is 0 Å². The summed E-state index contributed by atoms with van der Waals surface area (Å²) < 4.78 is 37.6. The summed E-state index contributed by atoms with van der Waals surface area (Å²) in [6.07, 6.45) is 0. The number of benzene rings is 1. The van der Waals surface area contributed by atoms with Crippen molar-refractivity contribution in [1.29, 1.82) is 0 Å². The molecule has 0 unspecified atom stereocenters. The molecule has 0 fully saturated rings. The Morgan fingerprint density at radius 2 is 2.11 bits per heavy atom. The summed E-state index contributed by atoms with van der Waals surface area (Å²) >= 11 is 0. The van der Waals surface area contributed by atoms with Crippen LogP contribution in [0.15, 0.2) is 12.1 Å². The Morgan fingerprint density at radius 1 is 1.47 bits per heavy atom. The summed E-state index contributed by atoms with van der Waals surface area (Å²) in [5, 5.41) is 11.6. The maximum Gasteiger partial charge on any atom is 0.340 e. The van der Waals surface area contributed by atoms with Gasteiger partial charge in [0.2, 0.25) is 10.0 Å². The van der Waals surface area contributed by atoms with Gasteiger partial charge in [-0.05, 0) is 19.2 Å². The molecule has 0 aliphatic carbocycles. The van der Waals surface area contributed by atoms with E-state index >= 15 is 0 Å². The van der Waals surface area contributed by atoms with E-state index in [9.17, 15) is 17.6 Å². The van der Waals surface area contributed by atoms with Crippen LogP contribution in [0.2, 0.25) is 0 Å². The molecule has 0 heterocycles. The Labute approximate surface area is 109 Å². The standard InChI is InChI=1S/C10H14FN3O4S/c1-13-19(17,18)5-4-14-7-3-2-6(11)9(12)8(7)10(15)16/h2-3,13-14H,4-5,12H2,1H3,(H,15,16). The van der Waals surface area contributed by atoms with Gasteiger partial charge in [-0.2, -0.15) is 0 Å². The number of nitrogen functional groups attached to an aromatic ring is 1. The lowest BCUT2D eigenvalue weighted by Gasteiger charge is -2.12. The van der Waals surface area contributed by atoms with E-state index in [1.165, 1.54) is 13.1 Å². The van der Waals surface area contributed by atoms with E-state index in [2.05, 4.69) is 10.0 Å². The number of halogens is 1. The Hall–Kier alpha value is -1.87. The fraction of sp³-hybridized carbons (Fsp3) is 0.300. The summed E-state index contributed by atoms with van der Waals surface area (Å²) in [4.78, 5) is 11.0. The zero-order valence-corrected chi connectivity index (χ0v) is 10.9. The molecule has 0 saturated heterocycles. The Bertz CT molecular complexity index is 589. The van der Waals surface area contributed by atoms with E-state index in [4.69, 9.17) is 10.8 Å². The maximum atomic E-state index is 13.2. The van der Waals surface area contributed by atoms with Gasteiger partial charge < -0.3 is 16.2 Å². The third-order valence-corrected chi connectivity index (χ3v) is 3.77. The van der Waals surface area contributed by atoms with Gasteiger partial charge in [0, 0.05) is 6.54 Å². The average molecular weight is 291 g/mol. The first-order valence-corrected chi connectivity index (χ1v) is 6.90. The second kappa shape index (κ2) is 5.85. The van der Waals surface area contributed by atoms with Gasteiger partial charge in [0.05, 0.1) is 17.1 Å². The zero-order chi connectivity index (χ0) is 14.6. The molecule has 5 N–H and O–H groups in total. The molecule has 0 aromatic heterocycles. The highest BCUT2D eigenvalue weighted by Gasteiger charge is 2.17. The van der Waals surface area contributed by atoms with Crippen LogP contribution in [-0.2, 0) is 10.0 Å². The highest BCUT2D eigenvalue weighted by molar-refractivity contribution is 7.89. The molecule has 9 heteroatoms. The van der Waals surface area contributed by atoms with Gasteiger partial charge in [-0.15, -0.1) is 0 Å². The lowest BCUT2D eigenvalue weighted by Crippen LogP contribution is -2.26. The van der Waals surface area contributed by atoms with Crippen molar-refractivity contribution in [3.8, 4) is 0 Å². The number of hydrogen-bond acceptors (Lipinski definition) is 5. The number of nitrogens with two attached hydrogens (primary N) is 1.